The number of hydrogen-bond donors (Lipinski definition) is 0. The van der Waals surface area contributed by atoms with E-state index in [2.05, 4.69) is 10.00 Å². The first-order valence-corrected chi connectivity index (χ1v) is 7.17. The van der Waals surface area contributed by atoms with Gasteiger partial charge in [0, 0.05) is 38.0 Å². The Labute approximate surface area is 123 Å². The number of carbonyl (C=O) groups excluding carboxylic acids is 1. The second-order valence-electron chi connectivity index (χ2n) is 5.54. The normalized spacial score (nSPS) is 19.5. The van der Waals surface area contributed by atoms with Gasteiger partial charge >= 0.3 is 0 Å². The van der Waals surface area contributed by atoms with Crippen LogP contribution in [0, 0.1) is 0 Å². The van der Waals surface area contributed by atoms with Crippen LogP contribution in [0.25, 0.3) is 0 Å². The van der Waals surface area contributed by atoms with Crippen LogP contribution in [0.3, 0.4) is 0 Å². The first-order valence-electron chi connectivity index (χ1n) is 7.17. The van der Waals surface area contributed by atoms with Gasteiger partial charge in [0.2, 0.25) is 5.91 Å². The lowest BCUT2D eigenvalue weighted by atomic mass is 10.0. The van der Waals surface area contributed by atoms with Crippen LogP contribution >= 0.6 is 0 Å². The Morgan fingerprint density at radius 1 is 1.48 bits per heavy atom. The molecule has 0 saturated carbocycles. The van der Waals surface area contributed by atoms with E-state index in [1.807, 2.05) is 32.4 Å². The number of aromatic nitrogens is 2. The number of rotatable bonds is 4. The van der Waals surface area contributed by atoms with Crippen molar-refractivity contribution in [3.8, 4) is 0 Å². The van der Waals surface area contributed by atoms with E-state index < -0.39 is 0 Å². The van der Waals surface area contributed by atoms with Crippen molar-refractivity contribution in [2.45, 2.75) is 25.4 Å². The van der Waals surface area contributed by atoms with Crippen molar-refractivity contribution >= 4 is 11.7 Å². The molecule has 0 aromatic carbocycles. The van der Waals surface area contributed by atoms with Gasteiger partial charge < -0.3 is 4.42 Å². The average Bonchev–Trinajstić information content (AvgIpc) is 3.10. The molecular weight excluding hydrogens is 268 g/mol. The number of amides is 1. The summed E-state index contributed by atoms with van der Waals surface area (Å²) in [5, 5.41) is 4.34. The molecule has 1 unspecified atom stereocenters. The summed E-state index contributed by atoms with van der Waals surface area (Å²) in [6.07, 6.45) is 7.12. The van der Waals surface area contributed by atoms with Crippen molar-refractivity contribution in [3.63, 3.8) is 0 Å². The van der Waals surface area contributed by atoms with Crippen molar-refractivity contribution < 1.29 is 9.21 Å². The van der Waals surface area contributed by atoms with E-state index in [1.54, 1.807) is 22.1 Å². The molecule has 1 aliphatic rings. The lowest BCUT2D eigenvalue weighted by molar-refractivity contribution is -0.125. The fourth-order valence-electron chi connectivity index (χ4n) is 2.82. The molecule has 3 heterocycles. The predicted molar refractivity (Wildman–Crippen MR) is 78.8 cm³/mol. The molecule has 0 spiro atoms. The summed E-state index contributed by atoms with van der Waals surface area (Å²) in [7, 11) is 3.85. The van der Waals surface area contributed by atoms with Gasteiger partial charge in [-0.1, -0.05) is 0 Å². The first-order chi connectivity index (χ1) is 10.1. The summed E-state index contributed by atoms with van der Waals surface area (Å²) < 4.78 is 6.81. The van der Waals surface area contributed by atoms with Gasteiger partial charge in [-0.05, 0) is 26.0 Å². The molecule has 6 nitrogen and oxygen atoms in total. The van der Waals surface area contributed by atoms with E-state index in [0.29, 0.717) is 6.54 Å². The molecule has 112 valence electrons. The van der Waals surface area contributed by atoms with Gasteiger partial charge in [-0.2, -0.15) is 5.10 Å². The first kappa shape index (κ1) is 13.9. The van der Waals surface area contributed by atoms with Crippen molar-refractivity contribution in [1.29, 1.82) is 0 Å². The fraction of sp³-hybridized carbons (Fsp3) is 0.467. The minimum absolute atomic E-state index is 0.101. The Morgan fingerprint density at radius 2 is 2.33 bits per heavy atom. The summed E-state index contributed by atoms with van der Waals surface area (Å²) >= 11 is 0. The highest BCUT2D eigenvalue weighted by Gasteiger charge is 2.33. The number of nitrogens with zero attached hydrogens (tertiary/aromatic N) is 4. The predicted octanol–water partition coefficient (Wildman–Crippen LogP) is 1.64. The van der Waals surface area contributed by atoms with Crippen LogP contribution in [0.2, 0.25) is 0 Å². The number of carbonyl (C=O) groups is 1. The molecule has 21 heavy (non-hydrogen) atoms. The Bertz CT molecular complexity index is 605. The second kappa shape index (κ2) is 5.73. The SMILES string of the molecule is CN(Cc1ccoc1)C1CCCN(c2ccn(C)n2)C1=O. The Balaban J connectivity index is 1.72. The van der Waals surface area contributed by atoms with Crippen molar-refractivity contribution in [1.82, 2.24) is 14.7 Å². The topological polar surface area (TPSA) is 54.5 Å². The molecule has 3 rings (SSSR count). The zero-order chi connectivity index (χ0) is 14.8. The van der Waals surface area contributed by atoms with Crippen LogP contribution in [0.5, 0.6) is 0 Å². The van der Waals surface area contributed by atoms with Crippen molar-refractivity contribution in [2.24, 2.45) is 7.05 Å². The fourth-order valence-corrected chi connectivity index (χ4v) is 2.82. The maximum atomic E-state index is 12.7. The molecular formula is C15H20N4O2. The second-order valence-corrected chi connectivity index (χ2v) is 5.54. The van der Waals surface area contributed by atoms with Gasteiger partial charge in [0.05, 0.1) is 18.6 Å². The highest BCUT2D eigenvalue weighted by Crippen LogP contribution is 2.22. The lowest BCUT2D eigenvalue weighted by Crippen LogP contribution is -2.51. The van der Waals surface area contributed by atoms with Gasteiger partial charge in [0.15, 0.2) is 5.82 Å². The maximum absolute atomic E-state index is 12.7. The zero-order valence-corrected chi connectivity index (χ0v) is 12.4. The Morgan fingerprint density at radius 3 is 3.00 bits per heavy atom. The Kier molecular flexibility index (Phi) is 3.79. The molecule has 0 N–H and O–H groups in total. The molecule has 1 amide bonds. The minimum atomic E-state index is -0.101. The van der Waals surface area contributed by atoms with Crippen LogP contribution in [0.4, 0.5) is 5.82 Å². The van der Waals surface area contributed by atoms with Gasteiger partial charge in [0.1, 0.15) is 0 Å². The quantitative estimate of drug-likeness (QED) is 0.858. The highest BCUT2D eigenvalue weighted by molar-refractivity contribution is 5.97. The summed E-state index contributed by atoms with van der Waals surface area (Å²) in [4.78, 5) is 16.6. The van der Waals surface area contributed by atoms with Crippen LogP contribution in [0.1, 0.15) is 18.4 Å². The van der Waals surface area contributed by atoms with Gasteiger partial charge in [-0.15, -0.1) is 0 Å². The van der Waals surface area contributed by atoms with E-state index in [4.69, 9.17) is 4.42 Å². The molecule has 6 heteroatoms. The third-order valence-electron chi connectivity index (χ3n) is 3.93. The molecule has 0 aliphatic carbocycles. The molecule has 2 aromatic heterocycles. The van der Waals surface area contributed by atoms with Gasteiger partial charge in [-0.3, -0.25) is 19.3 Å². The van der Waals surface area contributed by atoms with Crippen LogP contribution < -0.4 is 4.90 Å². The number of furan rings is 1. The molecule has 1 aliphatic heterocycles. The van der Waals surface area contributed by atoms with Crippen LogP contribution in [0.15, 0.2) is 35.3 Å². The number of piperidine rings is 1. The maximum Gasteiger partial charge on any atom is 0.245 e. The number of aryl methyl sites for hydroxylation is 1. The van der Waals surface area contributed by atoms with Crippen LogP contribution in [-0.4, -0.2) is 40.2 Å². The number of anilines is 1. The monoisotopic (exact) mass is 288 g/mol. The molecule has 1 saturated heterocycles. The summed E-state index contributed by atoms with van der Waals surface area (Å²) in [5.41, 5.74) is 1.08. The van der Waals surface area contributed by atoms with E-state index in [-0.39, 0.29) is 11.9 Å². The van der Waals surface area contributed by atoms with E-state index in [1.165, 1.54) is 0 Å². The summed E-state index contributed by atoms with van der Waals surface area (Å²) in [6.45, 7) is 1.45. The third kappa shape index (κ3) is 2.85. The van der Waals surface area contributed by atoms with Gasteiger partial charge in [0.25, 0.3) is 0 Å². The highest BCUT2D eigenvalue weighted by atomic mass is 16.3. The lowest BCUT2D eigenvalue weighted by Gasteiger charge is -2.35. The van der Waals surface area contributed by atoms with Gasteiger partial charge in [-0.25, -0.2) is 0 Å². The zero-order valence-electron chi connectivity index (χ0n) is 12.4. The molecule has 2 aromatic rings. The van der Waals surface area contributed by atoms with Crippen molar-refractivity contribution in [2.75, 3.05) is 18.5 Å². The largest absolute Gasteiger partial charge is 0.472 e. The molecule has 0 bridgehead atoms. The van der Waals surface area contributed by atoms with E-state index >= 15 is 0 Å². The van der Waals surface area contributed by atoms with Crippen LogP contribution in [-0.2, 0) is 18.4 Å². The van der Waals surface area contributed by atoms with E-state index in [9.17, 15) is 4.79 Å². The number of hydrogen-bond acceptors (Lipinski definition) is 4. The number of likely N-dealkylation sites (N-methyl/N-ethyl adjacent to an activating group) is 1. The molecule has 1 fully saturated rings. The third-order valence-corrected chi connectivity index (χ3v) is 3.93. The van der Waals surface area contributed by atoms with Crippen molar-refractivity contribution in [3.05, 3.63) is 36.4 Å². The summed E-state index contributed by atoms with van der Waals surface area (Å²) in [6, 6.07) is 3.71. The summed E-state index contributed by atoms with van der Waals surface area (Å²) in [5.74, 6) is 0.870. The minimum Gasteiger partial charge on any atom is -0.472 e. The standard InChI is InChI=1S/C15H20N4O2/c1-17(10-12-6-9-21-11-12)13-4-3-7-19(15(13)20)14-5-8-18(2)16-14/h5-6,8-9,11,13H,3-4,7,10H2,1-2H3. The smallest absolute Gasteiger partial charge is 0.245 e. The average molecular weight is 288 g/mol. The van der Waals surface area contributed by atoms with E-state index in [0.717, 1.165) is 30.8 Å². The molecule has 0 radical (unpaired) electrons. The Hall–Kier alpha value is -2.08. The molecule has 1 atom stereocenters.